The van der Waals surface area contributed by atoms with Crippen molar-refractivity contribution in [1.29, 1.82) is 0 Å². The van der Waals surface area contributed by atoms with Gasteiger partial charge in [0, 0.05) is 11.1 Å². The van der Waals surface area contributed by atoms with Crippen molar-refractivity contribution in [3.05, 3.63) is 0 Å². The van der Waals surface area contributed by atoms with E-state index in [1.165, 1.54) is 12.8 Å². The van der Waals surface area contributed by atoms with Crippen LogP contribution in [0.25, 0.3) is 0 Å². The number of hydrogen-bond donors (Lipinski definition) is 0. The van der Waals surface area contributed by atoms with E-state index in [-0.39, 0.29) is 0 Å². The van der Waals surface area contributed by atoms with Crippen molar-refractivity contribution in [3.63, 3.8) is 0 Å². The summed E-state index contributed by atoms with van der Waals surface area (Å²) in [6.07, 6.45) is 2.45. The maximum absolute atomic E-state index is 2.30. The fraction of sp³-hybridized carbons (Fsp3) is 1.00. The van der Waals surface area contributed by atoms with Gasteiger partial charge in [-0.05, 0) is 68.7 Å². The lowest BCUT2D eigenvalue weighted by molar-refractivity contribution is 0.123. The minimum absolute atomic E-state index is 0.299. The molecule has 2 heteroatoms. The molecule has 0 saturated carbocycles. The summed E-state index contributed by atoms with van der Waals surface area (Å²) < 4.78 is 0. The van der Waals surface area contributed by atoms with E-state index >= 15 is 0 Å². The predicted octanol–water partition coefficient (Wildman–Crippen LogP) is 2.45. The summed E-state index contributed by atoms with van der Waals surface area (Å²) in [6.45, 7) is 9.22. The molecule has 0 unspecified atom stereocenters. The van der Waals surface area contributed by atoms with Gasteiger partial charge in [-0.1, -0.05) is 0 Å². The normalized spacial score (nSPS) is 14.1. The van der Waals surface area contributed by atoms with Crippen LogP contribution >= 0.6 is 0 Å². The first-order valence-electron chi connectivity index (χ1n) is 5.44. The van der Waals surface area contributed by atoms with Gasteiger partial charge in [0.25, 0.3) is 0 Å². The third-order valence-electron chi connectivity index (χ3n) is 3.77. The molecule has 14 heavy (non-hydrogen) atoms. The van der Waals surface area contributed by atoms with Crippen LogP contribution < -0.4 is 0 Å². The van der Waals surface area contributed by atoms with Crippen molar-refractivity contribution >= 4 is 0 Å². The van der Waals surface area contributed by atoms with Crippen LogP contribution in [0.4, 0.5) is 0 Å². The van der Waals surface area contributed by atoms with E-state index in [9.17, 15) is 0 Å². The molecule has 0 aliphatic carbocycles. The maximum Gasteiger partial charge on any atom is 0.0147 e. The van der Waals surface area contributed by atoms with E-state index in [0.29, 0.717) is 11.1 Å². The Kier molecular flexibility index (Phi) is 4.60. The molecule has 0 bridgehead atoms. The highest BCUT2D eigenvalue weighted by molar-refractivity contribution is 4.84. The summed E-state index contributed by atoms with van der Waals surface area (Å²) in [5.74, 6) is 0. The van der Waals surface area contributed by atoms with Crippen molar-refractivity contribution in [2.45, 2.75) is 51.6 Å². The summed E-state index contributed by atoms with van der Waals surface area (Å²) in [7, 11) is 8.62. The molecule has 2 nitrogen and oxygen atoms in total. The zero-order chi connectivity index (χ0) is 11.6. The SMILES string of the molecule is CN(C)C(C)(C)CCC(C)(C)N(C)C. The molecular weight excluding hydrogens is 172 g/mol. The van der Waals surface area contributed by atoms with Crippen LogP contribution in [0.15, 0.2) is 0 Å². The van der Waals surface area contributed by atoms with Gasteiger partial charge in [-0.15, -0.1) is 0 Å². The van der Waals surface area contributed by atoms with Crippen molar-refractivity contribution < 1.29 is 0 Å². The van der Waals surface area contributed by atoms with E-state index in [1.54, 1.807) is 0 Å². The zero-order valence-corrected chi connectivity index (χ0v) is 11.3. The molecule has 0 aromatic rings. The molecular formula is C12H28N2. The Morgan fingerprint density at radius 1 is 0.643 bits per heavy atom. The molecule has 0 aliphatic heterocycles. The first kappa shape index (κ1) is 13.9. The average molecular weight is 200 g/mol. The molecule has 0 N–H and O–H groups in total. The standard InChI is InChI=1S/C12H28N2/c1-11(2,13(5)6)9-10-12(3,4)14(7)8/h9-10H2,1-8H3. The molecule has 0 saturated heterocycles. The minimum Gasteiger partial charge on any atom is -0.304 e. The lowest BCUT2D eigenvalue weighted by atomic mass is 9.88. The summed E-state index contributed by atoms with van der Waals surface area (Å²) in [5, 5.41) is 0. The van der Waals surface area contributed by atoms with E-state index in [2.05, 4.69) is 65.7 Å². The van der Waals surface area contributed by atoms with Gasteiger partial charge in [-0.2, -0.15) is 0 Å². The summed E-state index contributed by atoms with van der Waals surface area (Å²) in [5.41, 5.74) is 0.598. The fourth-order valence-electron chi connectivity index (χ4n) is 1.06. The molecule has 0 aromatic heterocycles. The summed E-state index contributed by atoms with van der Waals surface area (Å²) >= 11 is 0. The van der Waals surface area contributed by atoms with E-state index in [0.717, 1.165) is 0 Å². The number of hydrogen-bond acceptors (Lipinski definition) is 2. The second-order valence-corrected chi connectivity index (χ2v) is 5.91. The van der Waals surface area contributed by atoms with Crippen molar-refractivity contribution in [1.82, 2.24) is 9.80 Å². The molecule has 0 aliphatic rings. The topological polar surface area (TPSA) is 6.48 Å². The lowest BCUT2D eigenvalue weighted by Crippen LogP contribution is -2.43. The van der Waals surface area contributed by atoms with Gasteiger partial charge in [-0.25, -0.2) is 0 Å². The average Bonchev–Trinajstić information content (AvgIpc) is 2.01. The molecule has 0 atom stereocenters. The first-order valence-corrected chi connectivity index (χ1v) is 5.44. The van der Waals surface area contributed by atoms with Gasteiger partial charge in [0.2, 0.25) is 0 Å². The van der Waals surface area contributed by atoms with Gasteiger partial charge in [0.05, 0.1) is 0 Å². The molecule has 0 rings (SSSR count). The predicted molar refractivity (Wildman–Crippen MR) is 64.8 cm³/mol. The zero-order valence-electron chi connectivity index (χ0n) is 11.3. The highest BCUT2D eigenvalue weighted by Crippen LogP contribution is 2.25. The quantitative estimate of drug-likeness (QED) is 0.672. The van der Waals surface area contributed by atoms with Crippen molar-refractivity contribution in [2.24, 2.45) is 0 Å². The van der Waals surface area contributed by atoms with Crippen LogP contribution in [-0.4, -0.2) is 49.1 Å². The summed E-state index contributed by atoms with van der Waals surface area (Å²) in [4.78, 5) is 4.61. The van der Waals surface area contributed by atoms with Crippen LogP contribution in [0.1, 0.15) is 40.5 Å². The maximum atomic E-state index is 2.30. The van der Waals surface area contributed by atoms with E-state index in [4.69, 9.17) is 0 Å². The minimum atomic E-state index is 0.299. The van der Waals surface area contributed by atoms with Crippen LogP contribution in [-0.2, 0) is 0 Å². The second kappa shape index (κ2) is 4.63. The van der Waals surface area contributed by atoms with Gasteiger partial charge in [0.1, 0.15) is 0 Å². The summed E-state index contributed by atoms with van der Waals surface area (Å²) in [6, 6.07) is 0. The Morgan fingerprint density at radius 3 is 1.00 bits per heavy atom. The Morgan fingerprint density at radius 2 is 0.857 bits per heavy atom. The Hall–Kier alpha value is -0.0800. The van der Waals surface area contributed by atoms with Crippen LogP contribution in [0.3, 0.4) is 0 Å². The van der Waals surface area contributed by atoms with E-state index < -0.39 is 0 Å². The first-order chi connectivity index (χ1) is 6.09. The lowest BCUT2D eigenvalue weighted by Gasteiger charge is -2.38. The number of nitrogens with zero attached hydrogens (tertiary/aromatic N) is 2. The molecule has 0 amide bonds. The molecule has 0 spiro atoms. The Labute approximate surface area is 90.3 Å². The van der Waals surface area contributed by atoms with E-state index in [1.807, 2.05) is 0 Å². The molecule has 86 valence electrons. The van der Waals surface area contributed by atoms with Crippen LogP contribution in [0, 0.1) is 0 Å². The van der Waals surface area contributed by atoms with Crippen LogP contribution in [0.2, 0.25) is 0 Å². The Bertz CT molecular complexity index is 149. The van der Waals surface area contributed by atoms with Crippen LogP contribution in [0.5, 0.6) is 0 Å². The molecule has 0 aromatic carbocycles. The smallest absolute Gasteiger partial charge is 0.0147 e. The highest BCUT2D eigenvalue weighted by atomic mass is 15.1. The second-order valence-electron chi connectivity index (χ2n) is 5.91. The number of rotatable bonds is 5. The third-order valence-corrected chi connectivity index (χ3v) is 3.77. The van der Waals surface area contributed by atoms with Gasteiger partial charge in [-0.3, -0.25) is 0 Å². The molecule has 0 fully saturated rings. The van der Waals surface area contributed by atoms with Gasteiger partial charge >= 0.3 is 0 Å². The largest absolute Gasteiger partial charge is 0.304 e. The molecule has 0 heterocycles. The highest BCUT2D eigenvalue weighted by Gasteiger charge is 2.26. The monoisotopic (exact) mass is 200 g/mol. The third kappa shape index (κ3) is 3.97. The Balaban J connectivity index is 4.18. The van der Waals surface area contributed by atoms with Gasteiger partial charge < -0.3 is 9.80 Å². The fourth-order valence-corrected chi connectivity index (χ4v) is 1.06. The van der Waals surface area contributed by atoms with Crippen molar-refractivity contribution in [3.8, 4) is 0 Å². The van der Waals surface area contributed by atoms with Gasteiger partial charge in [0.15, 0.2) is 0 Å². The molecule has 0 radical (unpaired) electrons. The van der Waals surface area contributed by atoms with Crippen molar-refractivity contribution in [2.75, 3.05) is 28.2 Å².